The van der Waals surface area contributed by atoms with Crippen molar-refractivity contribution in [1.29, 1.82) is 0 Å². The van der Waals surface area contributed by atoms with Gasteiger partial charge >= 0.3 is 0 Å². The molecule has 1 aliphatic rings. The summed E-state index contributed by atoms with van der Waals surface area (Å²) >= 11 is 2.92. The third-order valence-electron chi connectivity index (χ3n) is 3.94. The third-order valence-corrected chi connectivity index (χ3v) is 5.63. The highest BCUT2D eigenvalue weighted by Crippen LogP contribution is 2.28. The topological polar surface area (TPSA) is 80.1 Å². The van der Waals surface area contributed by atoms with Crippen LogP contribution in [0.5, 0.6) is 0 Å². The first-order chi connectivity index (χ1) is 12.2. The van der Waals surface area contributed by atoms with Crippen LogP contribution in [-0.4, -0.2) is 38.0 Å². The molecule has 0 atom stereocenters. The molecule has 4 heterocycles. The van der Waals surface area contributed by atoms with Gasteiger partial charge in [0.05, 0.1) is 17.8 Å². The monoisotopic (exact) mass is 373 g/mol. The zero-order valence-corrected chi connectivity index (χ0v) is 14.8. The minimum atomic E-state index is -0.154. The molecule has 0 unspecified atom stereocenters. The molecule has 3 aromatic rings. The Labute approximate surface area is 151 Å². The van der Waals surface area contributed by atoms with Crippen LogP contribution >= 0.6 is 22.7 Å². The molecule has 2 amide bonds. The van der Waals surface area contributed by atoms with Gasteiger partial charge in [0.1, 0.15) is 6.54 Å². The first-order valence-electron chi connectivity index (χ1n) is 7.76. The molecule has 4 rings (SSSR count). The lowest BCUT2D eigenvalue weighted by atomic mass is 10.2. The number of carbonyl (C=O) groups excluding carboxylic acids is 2. The fourth-order valence-corrected chi connectivity index (χ4v) is 4.31. The molecule has 0 spiro atoms. The quantitative estimate of drug-likeness (QED) is 0.761. The van der Waals surface area contributed by atoms with E-state index in [9.17, 15) is 9.59 Å². The van der Waals surface area contributed by atoms with Crippen molar-refractivity contribution in [2.24, 2.45) is 0 Å². The maximum Gasteiger partial charge on any atom is 0.258 e. The molecule has 3 aromatic heterocycles. The Hall–Kier alpha value is -2.52. The molecule has 9 heteroatoms. The van der Waals surface area contributed by atoms with E-state index in [4.69, 9.17) is 0 Å². The number of carbonyl (C=O) groups is 2. The van der Waals surface area contributed by atoms with Crippen molar-refractivity contribution in [3.63, 3.8) is 0 Å². The van der Waals surface area contributed by atoms with Gasteiger partial charge in [0.25, 0.3) is 5.91 Å². The van der Waals surface area contributed by atoms with Gasteiger partial charge in [-0.15, -0.1) is 0 Å². The maximum atomic E-state index is 12.4. The van der Waals surface area contributed by atoms with Crippen molar-refractivity contribution < 1.29 is 9.59 Å². The number of hydrogen-bond donors (Lipinski definition) is 1. The van der Waals surface area contributed by atoms with Crippen molar-refractivity contribution >= 4 is 39.6 Å². The van der Waals surface area contributed by atoms with Crippen molar-refractivity contribution in [3.05, 3.63) is 51.4 Å². The molecule has 0 aromatic carbocycles. The van der Waals surface area contributed by atoms with Crippen LogP contribution in [0.1, 0.15) is 20.9 Å². The molecule has 0 saturated heterocycles. The molecule has 25 heavy (non-hydrogen) atoms. The number of thiazole rings is 1. The molecule has 1 aliphatic heterocycles. The van der Waals surface area contributed by atoms with E-state index in [0.29, 0.717) is 30.2 Å². The number of hydrogen-bond acceptors (Lipinski definition) is 6. The molecule has 0 fully saturated rings. The Bertz CT molecular complexity index is 886. The largest absolute Gasteiger partial charge is 0.335 e. The fraction of sp³-hybridized carbons (Fsp3) is 0.250. The van der Waals surface area contributed by atoms with E-state index in [1.807, 2.05) is 10.3 Å². The summed E-state index contributed by atoms with van der Waals surface area (Å²) in [4.78, 5) is 31.9. The second kappa shape index (κ2) is 6.77. The van der Waals surface area contributed by atoms with Crippen molar-refractivity contribution in [3.8, 4) is 0 Å². The highest BCUT2D eigenvalue weighted by molar-refractivity contribution is 7.16. The average molecular weight is 373 g/mol. The normalized spacial score (nSPS) is 13.5. The lowest BCUT2D eigenvalue weighted by Crippen LogP contribution is -2.37. The minimum absolute atomic E-state index is 0.0339. The van der Waals surface area contributed by atoms with Gasteiger partial charge in [-0.3, -0.25) is 19.6 Å². The average Bonchev–Trinajstić information content (AvgIpc) is 3.35. The fourth-order valence-electron chi connectivity index (χ4n) is 2.66. The van der Waals surface area contributed by atoms with Crippen LogP contribution in [-0.2, 0) is 24.3 Å². The predicted molar refractivity (Wildman–Crippen MR) is 95.7 cm³/mol. The van der Waals surface area contributed by atoms with Crippen LogP contribution in [0.3, 0.4) is 0 Å². The molecule has 0 radical (unpaired) electrons. The summed E-state index contributed by atoms with van der Waals surface area (Å²) in [5.41, 5.74) is 1.60. The number of thiophene rings is 1. The Morgan fingerprint density at radius 2 is 2.28 bits per heavy atom. The summed E-state index contributed by atoms with van der Waals surface area (Å²) in [6, 6.07) is 3.58. The predicted octanol–water partition coefficient (Wildman–Crippen LogP) is 2.24. The van der Waals surface area contributed by atoms with Crippen LogP contribution < -0.4 is 5.32 Å². The van der Waals surface area contributed by atoms with Crippen molar-refractivity contribution in [2.45, 2.75) is 19.5 Å². The van der Waals surface area contributed by atoms with E-state index in [1.54, 1.807) is 34.6 Å². The summed E-state index contributed by atoms with van der Waals surface area (Å²) in [7, 11) is 0. The zero-order valence-electron chi connectivity index (χ0n) is 13.2. The highest BCUT2D eigenvalue weighted by atomic mass is 32.1. The van der Waals surface area contributed by atoms with Gasteiger partial charge in [0, 0.05) is 35.6 Å². The van der Waals surface area contributed by atoms with E-state index in [-0.39, 0.29) is 18.4 Å². The van der Waals surface area contributed by atoms with Crippen LogP contribution in [0.4, 0.5) is 5.13 Å². The molecular weight excluding hydrogens is 358 g/mol. The van der Waals surface area contributed by atoms with E-state index in [2.05, 4.69) is 15.4 Å². The highest BCUT2D eigenvalue weighted by Gasteiger charge is 2.24. The van der Waals surface area contributed by atoms with Crippen LogP contribution in [0.2, 0.25) is 0 Å². The van der Waals surface area contributed by atoms with Gasteiger partial charge in [0.15, 0.2) is 5.13 Å². The number of anilines is 1. The summed E-state index contributed by atoms with van der Waals surface area (Å²) in [6.45, 7) is 1.40. The van der Waals surface area contributed by atoms with Crippen molar-refractivity contribution in [1.82, 2.24) is 19.7 Å². The second-order valence-corrected chi connectivity index (χ2v) is 7.49. The standard InChI is InChI=1S/C16H15N5O2S2/c22-14(9-21-5-1-4-17-21)20-6-2-12-13(8-20)25-16(18-12)19-15(23)11-3-7-24-10-11/h1,3-5,7,10H,2,6,8-9H2,(H,18,19,23). The Morgan fingerprint density at radius 3 is 3.04 bits per heavy atom. The maximum absolute atomic E-state index is 12.4. The number of rotatable bonds is 4. The molecular formula is C16H15N5O2S2. The number of fused-ring (bicyclic) bond motifs is 1. The molecule has 1 N–H and O–H groups in total. The number of nitrogens with one attached hydrogen (secondary N) is 1. The molecule has 128 valence electrons. The van der Waals surface area contributed by atoms with Gasteiger partial charge in [-0.2, -0.15) is 16.4 Å². The van der Waals surface area contributed by atoms with Gasteiger partial charge in [0.2, 0.25) is 5.91 Å². The number of aromatic nitrogens is 3. The second-order valence-electron chi connectivity index (χ2n) is 5.62. The zero-order chi connectivity index (χ0) is 17.2. The van der Waals surface area contributed by atoms with Gasteiger partial charge < -0.3 is 4.90 Å². The van der Waals surface area contributed by atoms with Crippen LogP contribution in [0.25, 0.3) is 0 Å². The van der Waals surface area contributed by atoms with E-state index in [0.717, 1.165) is 10.6 Å². The van der Waals surface area contributed by atoms with Gasteiger partial charge in [-0.1, -0.05) is 11.3 Å². The minimum Gasteiger partial charge on any atom is -0.335 e. The molecule has 0 bridgehead atoms. The Morgan fingerprint density at radius 1 is 1.36 bits per heavy atom. The Balaban J connectivity index is 1.42. The first kappa shape index (κ1) is 16.0. The summed E-state index contributed by atoms with van der Waals surface area (Å²) in [5.74, 6) is -0.120. The summed E-state index contributed by atoms with van der Waals surface area (Å²) in [6.07, 6.45) is 4.14. The lowest BCUT2D eigenvalue weighted by molar-refractivity contribution is -0.132. The molecule has 7 nitrogen and oxygen atoms in total. The smallest absolute Gasteiger partial charge is 0.258 e. The number of nitrogens with zero attached hydrogens (tertiary/aromatic N) is 4. The third kappa shape index (κ3) is 3.47. The van der Waals surface area contributed by atoms with Crippen LogP contribution in [0, 0.1) is 0 Å². The van der Waals surface area contributed by atoms with Crippen LogP contribution in [0.15, 0.2) is 35.3 Å². The molecule has 0 aliphatic carbocycles. The van der Waals surface area contributed by atoms with E-state index < -0.39 is 0 Å². The SMILES string of the molecule is O=C(Nc1nc2c(s1)CN(C(=O)Cn1cccn1)CC2)c1ccsc1. The summed E-state index contributed by atoms with van der Waals surface area (Å²) < 4.78 is 1.62. The van der Waals surface area contributed by atoms with Gasteiger partial charge in [-0.25, -0.2) is 4.98 Å². The van der Waals surface area contributed by atoms with E-state index >= 15 is 0 Å². The molecule has 0 saturated carbocycles. The summed E-state index contributed by atoms with van der Waals surface area (Å²) in [5, 5.41) is 11.2. The first-order valence-corrected chi connectivity index (χ1v) is 9.52. The Kier molecular flexibility index (Phi) is 4.33. The van der Waals surface area contributed by atoms with Gasteiger partial charge in [-0.05, 0) is 17.5 Å². The number of amides is 2. The van der Waals surface area contributed by atoms with E-state index in [1.165, 1.54) is 22.7 Å². The van der Waals surface area contributed by atoms with Crippen molar-refractivity contribution in [2.75, 3.05) is 11.9 Å². The lowest BCUT2D eigenvalue weighted by Gasteiger charge is -2.26.